The van der Waals surface area contributed by atoms with E-state index in [1.54, 1.807) is 4.57 Å². The molecule has 0 amide bonds. The van der Waals surface area contributed by atoms with Crippen LogP contribution in [0.4, 0.5) is 0 Å². The molecule has 3 nitrogen and oxygen atoms in total. The van der Waals surface area contributed by atoms with Crippen LogP contribution in [-0.2, 0) is 13.1 Å². The van der Waals surface area contributed by atoms with Gasteiger partial charge >= 0.3 is 0 Å². The van der Waals surface area contributed by atoms with Gasteiger partial charge in [-0.25, -0.2) is 0 Å². The van der Waals surface area contributed by atoms with Crippen LogP contribution < -0.4 is 11.3 Å². The number of pyridine rings is 1. The minimum absolute atomic E-state index is 0.0191. The second-order valence-electron chi connectivity index (χ2n) is 3.26. The summed E-state index contributed by atoms with van der Waals surface area (Å²) < 4.78 is 1.65. The Morgan fingerprint density at radius 3 is 2.43 bits per heavy atom. The Kier molecular flexibility index (Phi) is 3.34. The molecule has 0 aromatic carbocycles. The molecule has 1 aromatic heterocycles. The van der Waals surface area contributed by atoms with Crippen molar-refractivity contribution < 1.29 is 0 Å². The summed E-state index contributed by atoms with van der Waals surface area (Å²) in [6.45, 7) is 6.46. The van der Waals surface area contributed by atoms with Gasteiger partial charge in [-0.3, -0.25) is 4.79 Å². The summed E-state index contributed by atoms with van der Waals surface area (Å²) in [5, 5.41) is 0.645. The van der Waals surface area contributed by atoms with Crippen molar-refractivity contribution in [3.05, 3.63) is 32.2 Å². The van der Waals surface area contributed by atoms with Gasteiger partial charge in [0.15, 0.2) is 0 Å². The summed E-state index contributed by atoms with van der Waals surface area (Å²) in [6.07, 6.45) is 0. The van der Waals surface area contributed by atoms with Gasteiger partial charge in [0, 0.05) is 24.3 Å². The average molecular weight is 215 g/mol. The molecule has 4 heteroatoms. The number of rotatable bonds is 2. The van der Waals surface area contributed by atoms with Crippen LogP contribution in [-0.4, -0.2) is 4.57 Å². The number of hydrogen-bond acceptors (Lipinski definition) is 2. The van der Waals surface area contributed by atoms with Crippen LogP contribution in [0.2, 0.25) is 5.02 Å². The molecular formula is C10H15ClN2O. The van der Waals surface area contributed by atoms with Crippen LogP contribution in [0.25, 0.3) is 0 Å². The average Bonchev–Trinajstić information content (AvgIpc) is 2.16. The van der Waals surface area contributed by atoms with E-state index in [4.69, 9.17) is 17.3 Å². The zero-order valence-electron chi connectivity index (χ0n) is 8.72. The Morgan fingerprint density at radius 2 is 2.00 bits per heavy atom. The maximum absolute atomic E-state index is 11.8. The summed E-state index contributed by atoms with van der Waals surface area (Å²) >= 11 is 6.10. The molecule has 0 aliphatic heterocycles. The normalized spacial score (nSPS) is 10.6. The van der Waals surface area contributed by atoms with E-state index in [9.17, 15) is 4.79 Å². The van der Waals surface area contributed by atoms with E-state index in [0.29, 0.717) is 17.1 Å². The number of aromatic nitrogens is 1. The summed E-state index contributed by atoms with van der Waals surface area (Å²) in [6, 6.07) is 0. The quantitative estimate of drug-likeness (QED) is 0.813. The monoisotopic (exact) mass is 214 g/mol. The van der Waals surface area contributed by atoms with Crippen molar-refractivity contribution in [3.63, 3.8) is 0 Å². The van der Waals surface area contributed by atoms with Crippen molar-refractivity contribution in [2.75, 3.05) is 0 Å². The first-order valence-corrected chi connectivity index (χ1v) is 5.00. The topological polar surface area (TPSA) is 48.0 Å². The zero-order valence-corrected chi connectivity index (χ0v) is 9.48. The van der Waals surface area contributed by atoms with E-state index in [2.05, 4.69) is 0 Å². The second-order valence-corrected chi connectivity index (χ2v) is 3.63. The lowest BCUT2D eigenvalue weighted by Crippen LogP contribution is -2.28. The van der Waals surface area contributed by atoms with Crippen molar-refractivity contribution in [2.45, 2.75) is 33.9 Å². The van der Waals surface area contributed by atoms with E-state index in [0.717, 1.165) is 11.3 Å². The van der Waals surface area contributed by atoms with Gasteiger partial charge in [0.1, 0.15) is 0 Å². The first kappa shape index (κ1) is 11.3. The van der Waals surface area contributed by atoms with Gasteiger partial charge in [0.2, 0.25) is 0 Å². The number of hydrogen-bond donors (Lipinski definition) is 1. The fraction of sp³-hybridized carbons (Fsp3) is 0.500. The lowest BCUT2D eigenvalue weighted by molar-refractivity contribution is 0.686. The molecule has 0 bridgehead atoms. The number of nitrogens with zero attached hydrogens (tertiary/aromatic N) is 1. The predicted octanol–water partition coefficient (Wildman–Crippen LogP) is 1.60. The smallest absolute Gasteiger partial charge is 0.255 e. The number of nitrogens with two attached hydrogens (primary N) is 1. The first-order chi connectivity index (χ1) is 6.54. The Morgan fingerprint density at radius 1 is 1.43 bits per heavy atom. The maximum Gasteiger partial charge on any atom is 0.255 e. The minimum Gasteiger partial charge on any atom is -0.326 e. The second kappa shape index (κ2) is 4.15. The van der Waals surface area contributed by atoms with Gasteiger partial charge in [-0.15, -0.1) is 0 Å². The third kappa shape index (κ3) is 1.57. The van der Waals surface area contributed by atoms with Crippen LogP contribution in [0.5, 0.6) is 0 Å². The third-order valence-electron chi connectivity index (χ3n) is 2.53. The molecule has 1 heterocycles. The Bertz CT molecular complexity index is 375. The molecule has 0 saturated carbocycles. The fourth-order valence-electron chi connectivity index (χ4n) is 1.62. The summed E-state index contributed by atoms with van der Waals surface area (Å²) in [7, 11) is 0. The molecule has 0 spiro atoms. The van der Waals surface area contributed by atoms with Crippen molar-refractivity contribution in [3.8, 4) is 0 Å². The van der Waals surface area contributed by atoms with Crippen LogP contribution in [0, 0.1) is 13.8 Å². The highest BCUT2D eigenvalue weighted by atomic mass is 35.5. The summed E-state index contributed by atoms with van der Waals surface area (Å²) in [4.78, 5) is 11.8. The standard InChI is InChI=1S/C10H15ClN2O/c1-4-13-7(3)9(11)6(2)8(5-12)10(13)14/h4-5,12H2,1-3H3. The van der Waals surface area contributed by atoms with E-state index in [1.165, 1.54) is 0 Å². The van der Waals surface area contributed by atoms with Gasteiger partial charge in [-0.05, 0) is 26.3 Å². The Hall–Kier alpha value is -0.800. The van der Waals surface area contributed by atoms with Crippen LogP contribution in [0.15, 0.2) is 4.79 Å². The van der Waals surface area contributed by atoms with Gasteiger partial charge in [-0.1, -0.05) is 11.6 Å². The lowest BCUT2D eigenvalue weighted by atomic mass is 10.1. The third-order valence-corrected chi connectivity index (χ3v) is 3.09. The van der Waals surface area contributed by atoms with Crippen molar-refractivity contribution in [2.24, 2.45) is 5.73 Å². The molecule has 2 N–H and O–H groups in total. The lowest BCUT2D eigenvalue weighted by Gasteiger charge is -2.14. The van der Waals surface area contributed by atoms with Crippen molar-refractivity contribution >= 4 is 11.6 Å². The van der Waals surface area contributed by atoms with E-state index in [-0.39, 0.29) is 12.1 Å². The molecule has 78 valence electrons. The molecule has 1 rings (SSSR count). The predicted molar refractivity (Wildman–Crippen MR) is 58.8 cm³/mol. The largest absolute Gasteiger partial charge is 0.326 e. The summed E-state index contributed by atoms with van der Waals surface area (Å²) in [5.74, 6) is 0. The fourth-order valence-corrected chi connectivity index (χ4v) is 1.84. The molecule has 14 heavy (non-hydrogen) atoms. The highest BCUT2D eigenvalue weighted by Gasteiger charge is 2.12. The Balaban J connectivity index is 3.65. The van der Waals surface area contributed by atoms with Crippen LogP contribution in [0.1, 0.15) is 23.7 Å². The van der Waals surface area contributed by atoms with Crippen molar-refractivity contribution in [1.29, 1.82) is 0 Å². The van der Waals surface area contributed by atoms with Gasteiger partial charge in [0.05, 0.1) is 5.02 Å². The van der Waals surface area contributed by atoms with Crippen LogP contribution in [0.3, 0.4) is 0 Å². The zero-order chi connectivity index (χ0) is 10.9. The molecule has 1 aromatic rings. The molecule has 0 fully saturated rings. The molecule has 0 unspecified atom stereocenters. The molecule has 0 atom stereocenters. The van der Waals surface area contributed by atoms with Gasteiger partial charge in [-0.2, -0.15) is 0 Å². The molecule has 0 radical (unpaired) electrons. The highest BCUT2D eigenvalue weighted by Crippen LogP contribution is 2.20. The van der Waals surface area contributed by atoms with Crippen LogP contribution >= 0.6 is 11.6 Å². The van der Waals surface area contributed by atoms with E-state index in [1.807, 2.05) is 20.8 Å². The molecule has 0 aliphatic rings. The highest BCUT2D eigenvalue weighted by molar-refractivity contribution is 6.32. The van der Waals surface area contributed by atoms with E-state index >= 15 is 0 Å². The minimum atomic E-state index is -0.0191. The molecule has 0 aliphatic carbocycles. The summed E-state index contributed by atoms with van der Waals surface area (Å²) in [5.41, 5.74) is 7.74. The van der Waals surface area contributed by atoms with Gasteiger partial charge < -0.3 is 10.3 Å². The van der Waals surface area contributed by atoms with Gasteiger partial charge in [0.25, 0.3) is 5.56 Å². The van der Waals surface area contributed by atoms with Crippen molar-refractivity contribution in [1.82, 2.24) is 4.57 Å². The molecule has 0 saturated heterocycles. The SMILES string of the molecule is CCn1c(C)c(Cl)c(C)c(CN)c1=O. The first-order valence-electron chi connectivity index (χ1n) is 4.63. The molecular weight excluding hydrogens is 200 g/mol. The Labute approximate surface area is 88.5 Å². The number of halogens is 1. The maximum atomic E-state index is 11.8. The van der Waals surface area contributed by atoms with E-state index < -0.39 is 0 Å².